The quantitative estimate of drug-likeness (QED) is 0.375. The van der Waals surface area contributed by atoms with Crippen LogP contribution in [-0.2, 0) is 11.3 Å². The molecule has 0 spiro atoms. The van der Waals surface area contributed by atoms with Gasteiger partial charge in [0.05, 0.1) is 0 Å². The van der Waals surface area contributed by atoms with Crippen molar-refractivity contribution in [2.75, 3.05) is 6.54 Å². The molecule has 1 heterocycles. The lowest BCUT2D eigenvalue weighted by molar-refractivity contribution is -0.131. The Morgan fingerprint density at radius 2 is 2.16 bits per heavy atom. The van der Waals surface area contributed by atoms with E-state index in [4.69, 9.17) is 10.9 Å². The molecule has 3 N–H and O–H groups in total. The van der Waals surface area contributed by atoms with Crippen LogP contribution in [0.5, 0.6) is 0 Å². The molecule has 0 saturated carbocycles. The van der Waals surface area contributed by atoms with Gasteiger partial charge in [0.2, 0.25) is 5.91 Å². The molecule has 5 heteroatoms. The summed E-state index contributed by atoms with van der Waals surface area (Å²) in [6.45, 7) is 1.35. The summed E-state index contributed by atoms with van der Waals surface area (Å²) in [7, 11) is 0. The second kappa shape index (κ2) is 6.22. The summed E-state index contributed by atoms with van der Waals surface area (Å²) in [5.41, 5.74) is 6.73. The van der Waals surface area contributed by atoms with E-state index >= 15 is 0 Å². The SMILES string of the molecule is N/C(=N/O)[C@H]1CCCN(Cc2ccccc2)C(=O)C1. The van der Waals surface area contributed by atoms with E-state index in [0.717, 1.165) is 24.9 Å². The van der Waals surface area contributed by atoms with Gasteiger partial charge in [0, 0.05) is 25.4 Å². The van der Waals surface area contributed by atoms with Crippen molar-refractivity contribution in [3.8, 4) is 0 Å². The number of amides is 1. The zero-order chi connectivity index (χ0) is 13.7. The van der Waals surface area contributed by atoms with E-state index in [1.54, 1.807) is 0 Å². The highest BCUT2D eigenvalue weighted by atomic mass is 16.4. The lowest BCUT2D eigenvalue weighted by atomic mass is 9.99. The topological polar surface area (TPSA) is 78.9 Å². The molecule has 1 aliphatic rings. The first-order chi connectivity index (χ1) is 9.20. The molecule has 0 aliphatic carbocycles. The molecule has 2 rings (SSSR count). The van der Waals surface area contributed by atoms with Gasteiger partial charge in [-0.15, -0.1) is 0 Å². The maximum Gasteiger partial charge on any atom is 0.223 e. The van der Waals surface area contributed by atoms with Gasteiger partial charge >= 0.3 is 0 Å². The fourth-order valence-electron chi connectivity index (χ4n) is 2.40. The maximum atomic E-state index is 12.2. The molecule has 1 fully saturated rings. The Morgan fingerprint density at radius 1 is 1.42 bits per heavy atom. The lowest BCUT2D eigenvalue weighted by Gasteiger charge is -2.20. The zero-order valence-electron chi connectivity index (χ0n) is 10.8. The third-order valence-electron chi connectivity index (χ3n) is 3.50. The van der Waals surface area contributed by atoms with Crippen molar-refractivity contribution in [1.29, 1.82) is 0 Å². The number of nitrogens with zero attached hydrogens (tertiary/aromatic N) is 2. The molecule has 102 valence electrons. The summed E-state index contributed by atoms with van der Waals surface area (Å²) in [6, 6.07) is 9.92. The fourth-order valence-corrected chi connectivity index (χ4v) is 2.40. The number of likely N-dealkylation sites (tertiary alicyclic amines) is 1. The molecule has 1 amide bonds. The van der Waals surface area contributed by atoms with Crippen LogP contribution in [0, 0.1) is 5.92 Å². The molecule has 0 unspecified atom stereocenters. The van der Waals surface area contributed by atoms with E-state index in [9.17, 15) is 4.79 Å². The fraction of sp³-hybridized carbons (Fsp3) is 0.429. The first kappa shape index (κ1) is 13.4. The monoisotopic (exact) mass is 261 g/mol. The minimum atomic E-state index is -0.140. The van der Waals surface area contributed by atoms with Crippen molar-refractivity contribution < 1.29 is 10.0 Å². The van der Waals surface area contributed by atoms with E-state index in [2.05, 4.69) is 5.16 Å². The summed E-state index contributed by atoms with van der Waals surface area (Å²) in [5.74, 6) is 0.0890. The molecule has 0 radical (unpaired) electrons. The van der Waals surface area contributed by atoms with Crippen molar-refractivity contribution in [3.05, 3.63) is 35.9 Å². The molecule has 1 saturated heterocycles. The van der Waals surface area contributed by atoms with Gasteiger partial charge in [0.1, 0.15) is 5.84 Å². The van der Waals surface area contributed by atoms with Crippen LogP contribution >= 0.6 is 0 Å². The van der Waals surface area contributed by atoms with Crippen LogP contribution < -0.4 is 5.73 Å². The van der Waals surface area contributed by atoms with Crippen LogP contribution in [-0.4, -0.2) is 28.4 Å². The molecule has 0 aromatic heterocycles. The molecule has 0 bridgehead atoms. The number of oxime groups is 1. The number of benzene rings is 1. The third kappa shape index (κ3) is 3.47. The maximum absolute atomic E-state index is 12.2. The molecular formula is C14H19N3O2. The Hall–Kier alpha value is -2.04. The van der Waals surface area contributed by atoms with Crippen LogP contribution in [0.15, 0.2) is 35.5 Å². The van der Waals surface area contributed by atoms with Gasteiger partial charge in [-0.05, 0) is 18.4 Å². The van der Waals surface area contributed by atoms with Gasteiger partial charge in [-0.25, -0.2) is 0 Å². The summed E-state index contributed by atoms with van der Waals surface area (Å²) in [5, 5.41) is 11.7. The predicted molar refractivity (Wildman–Crippen MR) is 72.6 cm³/mol. The number of hydrogen-bond acceptors (Lipinski definition) is 3. The van der Waals surface area contributed by atoms with Crippen LogP contribution in [0.1, 0.15) is 24.8 Å². The average molecular weight is 261 g/mol. The molecular weight excluding hydrogens is 242 g/mol. The summed E-state index contributed by atoms with van der Waals surface area (Å²) in [6.07, 6.45) is 1.98. The van der Waals surface area contributed by atoms with E-state index < -0.39 is 0 Å². The van der Waals surface area contributed by atoms with Gasteiger partial charge in [-0.1, -0.05) is 35.5 Å². The second-order valence-electron chi connectivity index (χ2n) is 4.87. The van der Waals surface area contributed by atoms with Gasteiger partial charge in [0.25, 0.3) is 0 Å². The first-order valence-electron chi connectivity index (χ1n) is 6.50. The Labute approximate surface area is 112 Å². The first-order valence-corrected chi connectivity index (χ1v) is 6.50. The average Bonchev–Trinajstić information content (AvgIpc) is 2.62. The highest BCUT2D eigenvalue weighted by Gasteiger charge is 2.25. The van der Waals surface area contributed by atoms with Crippen molar-refractivity contribution in [1.82, 2.24) is 4.90 Å². The van der Waals surface area contributed by atoms with E-state index in [0.29, 0.717) is 13.0 Å². The Balaban J connectivity index is 2.02. The molecule has 19 heavy (non-hydrogen) atoms. The van der Waals surface area contributed by atoms with Crippen molar-refractivity contribution >= 4 is 11.7 Å². The number of hydrogen-bond donors (Lipinski definition) is 2. The van der Waals surface area contributed by atoms with Gasteiger partial charge < -0.3 is 15.8 Å². The summed E-state index contributed by atoms with van der Waals surface area (Å²) in [4.78, 5) is 14.0. The van der Waals surface area contributed by atoms with Crippen LogP contribution in [0.25, 0.3) is 0 Å². The number of carbonyl (C=O) groups is 1. The van der Waals surface area contributed by atoms with Gasteiger partial charge in [-0.2, -0.15) is 0 Å². The highest BCUT2D eigenvalue weighted by Crippen LogP contribution is 2.20. The summed E-state index contributed by atoms with van der Waals surface area (Å²) >= 11 is 0. The smallest absolute Gasteiger partial charge is 0.223 e. The Morgan fingerprint density at radius 3 is 2.84 bits per heavy atom. The number of nitrogens with two attached hydrogens (primary N) is 1. The van der Waals surface area contributed by atoms with Crippen molar-refractivity contribution in [2.24, 2.45) is 16.8 Å². The lowest BCUT2D eigenvalue weighted by Crippen LogP contribution is -2.32. The van der Waals surface area contributed by atoms with Crippen LogP contribution in [0.3, 0.4) is 0 Å². The number of rotatable bonds is 3. The normalized spacial score (nSPS) is 21.3. The Bertz CT molecular complexity index is 459. The standard InChI is InChI=1S/C14H19N3O2/c15-14(16-19)12-7-4-8-17(13(18)9-12)10-11-5-2-1-3-6-11/h1-3,5-6,12,19H,4,7-10H2,(H2,15,16)/t12-/m0/s1. The molecule has 1 atom stereocenters. The van der Waals surface area contributed by atoms with E-state index in [1.807, 2.05) is 35.2 Å². The molecule has 1 aromatic carbocycles. The highest BCUT2D eigenvalue weighted by molar-refractivity contribution is 5.88. The zero-order valence-corrected chi connectivity index (χ0v) is 10.8. The minimum absolute atomic E-state index is 0.0675. The number of carbonyl (C=O) groups excluding carboxylic acids is 1. The second-order valence-corrected chi connectivity index (χ2v) is 4.87. The third-order valence-corrected chi connectivity index (χ3v) is 3.50. The van der Waals surface area contributed by atoms with Crippen LogP contribution in [0.4, 0.5) is 0 Å². The predicted octanol–water partition coefficient (Wildman–Crippen LogP) is 1.56. The van der Waals surface area contributed by atoms with Gasteiger partial charge in [0.15, 0.2) is 0 Å². The summed E-state index contributed by atoms with van der Waals surface area (Å²) < 4.78 is 0. The Kier molecular flexibility index (Phi) is 4.39. The van der Waals surface area contributed by atoms with Crippen molar-refractivity contribution in [2.45, 2.75) is 25.8 Å². The largest absolute Gasteiger partial charge is 0.409 e. The van der Waals surface area contributed by atoms with E-state index in [1.165, 1.54) is 0 Å². The van der Waals surface area contributed by atoms with Gasteiger partial charge in [-0.3, -0.25) is 4.79 Å². The van der Waals surface area contributed by atoms with Crippen LogP contribution in [0.2, 0.25) is 0 Å². The molecule has 5 nitrogen and oxygen atoms in total. The number of amidine groups is 1. The molecule has 1 aromatic rings. The molecule has 1 aliphatic heterocycles. The minimum Gasteiger partial charge on any atom is -0.409 e. The van der Waals surface area contributed by atoms with Crippen molar-refractivity contribution in [3.63, 3.8) is 0 Å². The van der Waals surface area contributed by atoms with E-state index in [-0.39, 0.29) is 17.7 Å².